The van der Waals surface area contributed by atoms with Crippen molar-refractivity contribution in [2.24, 2.45) is 11.8 Å². The lowest BCUT2D eigenvalue weighted by atomic mass is 9.73. The van der Waals surface area contributed by atoms with E-state index in [0.29, 0.717) is 0 Å². The molecule has 0 nitrogen and oxygen atoms in total. The lowest BCUT2D eigenvalue weighted by Crippen LogP contribution is -2.21. The molecule has 34 heavy (non-hydrogen) atoms. The average Bonchev–Trinajstić information content (AvgIpc) is 2.88. The Hall–Kier alpha value is 0.170. The van der Waals surface area contributed by atoms with Crippen LogP contribution in [-0.4, -0.2) is 12.3 Å². The third-order valence-corrected chi connectivity index (χ3v) is 11.8. The zero-order valence-electron chi connectivity index (χ0n) is 24.0. The Morgan fingerprint density at radius 1 is 0.500 bits per heavy atom. The fourth-order valence-corrected chi connectivity index (χ4v) is 10.1. The molecule has 0 amide bonds. The standard InChI is InChI=1S/C33H63P/c1-4-7-9-11-13-21-28-34(29-22-14-12-10-8-5-2)32(23-6-3)33(30-24-17-15-18-25-30)31-26-19-16-20-27-31/h30-31H,4-29H2,1-3H3. The third-order valence-electron chi connectivity index (χ3n) is 8.85. The minimum absolute atomic E-state index is 0.112. The first-order chi connectivity index (χ1) is 16.8. The van der Waals surface area contributed by atoms with Crippen molar-refractivity contribution in [3.8, 4) is 0 Å². The van der Waals surface area contributed by atoms with Crippen LogP contribution < -0.4 is 0 Å². The molecule has 0 aliphatic heterocycles. The molecule has 0 aromatic carbocycles. The van der Waals surface area contributed by atoms with E-state index in [9.17, 15) is 0 Å². The second-order valence-electron chi connectivity index (χ2n) is 11.8. The normalized spacial score (nSPS) is 18.0. The fourth-order valence-electron chi connectivity index (χ4n) is 6.90. The molecule has 2 aliphatic carbocycles. The highest BCUT2D eigenvalue weighted by Gasteiger charge is 2.30. The average molecular weight is 491 g/mol. The van der Waals surface area contributed by atoms with Crippen molar-refractivity contribution in [3.05, 3.63) is 10.9 Å². The van der Waals surface area contributed by atoms with Crippen LogP contribution in [0.5, 0.6) is 0 Å². The van der Waals surface area contributed by atoms with Gasteiger partial charge < -0.3 is 0 Å². The molecule has 0 aromatic rings. The molecule has 2 rings (SSSR count). The smallest absolute Gasteiger partial charge is 0.0194 e. The summed E-state index contributed by atoms with van der Waals surface area (Å²) in [6.45, 7) is 7.17. The Bertz CT molecular complexity index is 459. The van der Waals surface area contributed by atoms with Crippen molar-refractivity contribution < 1.29 is 0 Å². The summed E-state index contributed by atoms with van der Waals surface area (Å²) < 4.78 is 0. The lowest BCUT2D eigenvalue weighted by Gasteiger charge is -2.37. The van der Waals surface area contributed by atoms with E-state index in [2.05, 4.69) is 31.7 Å². The van der Waals surface area contributed by atoms with E-state index in [0.717, 1.165) is 11.8 Å². The summed E-state index contributed by atoms with van der Waals surface area (Å²) in [5.41, 5.74) is 2.10. The van der Waals surface area contributed by atoms with Crippen LogP contribution in [0.3, 0.4) is 0 Å². The first-order valence-corrected chi connectivity index (χ1v) is 18.0. The van der Waals surface area contributed by atoms with Gasteiger partial charge in [0.05, 0.1) is 0 Å². The number of hydrogen-bond acceptors (Lipinski definition) is 0. The predicted octanol–water partition coefficient (Wildman–Crippen LogP) is 12.4. The SMILES string of the molecule is CCCCCCCCP(CCCCCCCC)C(CCC)=C(C1CCCCC1)C1CCCCC1. The zero-order chi connectivity index (χ0) is 24.3. The summed E-state index contributed by atoms with van der Waals surface area (Å²) in [7, 11) is 0.112. The lowest BCUT2D eigenvalue weighted by molar-refractivity contribution is 0.324. The molecule has 0 atom stereocenters. The van der Waals surface area contributed by atoms with Crippen LogP contribution in [-0.2, 0) is 0 Å². The van der Waals surface area contributed by atoms with Crippen LogP contribution in [0.15, 0.2) is 10.9 Å². The predicted molar refractivity (Wildman–Crippen MR) is 158 cm³/mol. The van der Waals surface area contributed by atoms with Crippen molar-refractivity contribution in [2.75, 3.05) is 12.3 Å². The third kappa shape index (κ3) is 11.9. The topological polar surface area (TPSA) is 0 Å². The highest BCUT2D eigenvalue weighted by atomic mass is 31.1. The Kier molecular flexibility index (Phi) is 18.1. The molecule has 0 saturated heterocycles. The molecule has 0 N–H and O–H groups in total. The molecule has 200 valence electrons. The van der Waals surface area contributed by atoms with E-state index in [1.165, 1.54) is 154 Å². The Morgan fingerprint density at radius 2 is 0.912 bits per heavy atom. The molecule has 2 aliphatic rings. The molecule has 0 bridgehead atoms. The molecule has 2 saturated carbocycles. The van der Waals surface area contributed by atoms with Gasteiger partial charge in [-0.15, -0.1) is 0 Å². The van der Waals surface area contributed by atoms with Crippen LogP contribution in [0.1, 0.15) is 175 Å². The molecule has 2 fully saturated rings. The second-order valence-corrected chi connectivity index (χ2v) is 14.4. The maximum Gasteiger partial charge on any atom is -0.0194 e. The molecular formula is C33H63P. The second kappa shape index (κ2) is 20.3. The molecule has 0 spiro atoms. The number of rotatable bonds is 19. The summed E-state index contributed by atoms with van der Waals surface area (Å²) in [4.78, 5) is 0. The number of unbranched alkanes of at least 4 members (excludes halogenated alkanes) is 10. The van der Waals surface area contributed by atoms with Gasteiger partial charge in [0.2, 0.25) is 0 Å². The zero-order valence-corrected chi connectivity index (χ0v) is 24.9. The summed E-state index contributed by atoms with van der Waals surface area (Å²) >= 11 is 0. The van der Waals surface area contributed by atoms with Gasteiger partial charge in [-0.2, -0.15) is 0 Å². The summed E-state index contributed by atoms with van der Waals surface area (Å²) in [6.07, 6.45) is 38.7. The Labute approximate surface area is 217 Å². The van der Waals surface area contributed by atoms with E-state index in [1.807, 2.05) is 0 Å². The van der Waals surface area contributed by atoms with Crippen molar-refractivity contribution >= 4 is 7.92 Å². The van der Waals surface area contributed by atoms with Gasteiger partial charge in [-0.3, -0.25) is 0 Å². The van der Waals surface area contributed by atoms with Gasteiger partial charge in [-0.1, -0.05) is 143 Å². The van der Waals surface area contributed by atoms with Gasteiger partial charge in [-0.05, 0) is 74.4 Å². The molecule has 0 heterocycles. The van der Waals surface area contributed by atoms with Crippen molar-refractivity contribution in [2.45, 2.75) is 175 Å². The maximum atomic E-state index is 2.47. The monoisotopic (exact) mass is 490 g/mol. The van der Waals surface area contributed by atoms with E-state index < -0.39 is 0 Å². The summed E-state index contributed by atoms with van der Waals surface area (Å²) in [5, 5.41) is 2.10. The number of hydrogen-bond donors (Lipinski definition) is 0. The molecule has 1 heteroatoms. The highest BCUT2D eigenvalue weighted by molar-refractivity contribution is 7.62. The van der Waals surface area contributed by atoms with Gasteiger partial charge in [0.25, 0.3) is 0 Å². The van der Waals surface area contributed by atoms with Gasteiger partial charge in [0, 0.05) is 0 Å². The summed E-state index contributed by atoms with van der Waals surface area (Å²) in [6, 6.07) is 0. The van der Waals surface area contributed by atoms with Gasteiger partial charge >= 0.3 is 0 Å². The van der Waals surface area contributed by atoms with Crippen LogP contribution in [0.4, 0.5) is 0 Å². The van der Waals surface area contributed by atoms with E-state index in [4.69, 9.17) is 0 Å². The largest absolute Gasteiger partial charge is 0.0798 e. The Morgan fingerprint density at radius 3 is 1.32 bits per heavy atom. The van der Waals surface area contributed by atoms with Crippen LogP contribution in [0.2, 0.25) is 0 Å². The maximum absolute atomic E-state index is 2.47. The minimum atomic E-state index is 0.112. The molecular weight excluding hydrogens is 427 g/mol. The first kappa shape index (κ1) is 30.4. The quantitative estimate of drug-likeness (QED) is 0.125. The highest BCUT2D eigenvalue weighted by Crippen LogP contribution is 2.55. The number of allylic oxidation sites excluding steroid dienone is 2. The first-order valence-electron chi connectivity index (χ1n) is 16.3. The van der Waals surface area contributed by atoms with Gasteiger partial charge in [0.15, 0.2) is 0 Å². The summed E-state index contributed by atoms with van der Waals surface area (Å²) in [5.74, 6) is 1.94. The van der Waals surface area contributed by atoms with Crippen molar-refractivity contribution in [1.29, 1.82) is 0 Å². The van der Waals surface area contributed by atoms with Crippen LogP contribution >= 0.6 is 7.92 Å². The van der Waals surface area contributed by atoms with E-state index >= 15 is 0 Å². The van der Waals surface area contributed by atoms with Crippen molar-refractivity contribution in [3.63, 3.8) is 0 Å². The Balaban J connectivity index is 2.16. The van der Waals surface area contributed by atoms with Crippen LogP contribution in [0, 0.1) is 11.8 Å². The minimum Gasteiger partial charge on any atom is -0.0798 e. The van der Waals surface area contributed by atoms with E-state index in [-0.39, 0.29) is 7.92 Å². The molecule has 0 unspecified atom stereocenters. The van der Waals surface area contributed by atoms with Crippen LogP contribution in [0.25, 0.3) is 0 Å². The van der Waals surface area contributed by atoms with Crippen molar-refractivity contribution in [1.82, 2.24) is 0 Å². The molecule has 0 radical (unpaired) electrons. The fraction of sp³-hybridized carbons (Fsp3) is 0.939. The van der Waals surface area contributed by atoms with Gasteiger partial charge in [0.1, 0.15) is 0 Å². The van der Waals surface area contributed by atoms with Gasteiger partial charge in [-0.25, -0.2) is 0 Å². The van der Waals surface area contributed by atoms with E-state index in [1.54, 1.807) is 12.3 Å². The molecule has 0 aromatic heterocycles.